The van der Waals surface area contributed by atoms with Crippen LogP contribution < -0.4 is 14.8 Å². The standard InChI is InChI=1S/C23H31NO3/c1-7-19(17-12-13-20(26-6)16(2)14-17)24-22(25)15-27-21-11-9-8-10-18(21)23(3,4)5/h8-14,19H,7,15H2,1-6H3,(H,24,25). The predicted molar refractivity (Wildman–Crippen MR) is 110 cm³/mol. The maximum Gasteiger partial charge on any atom is 0.258 e. The zero-order chi connectivity index (χ0) is 20.0. The highest BCUT2D eigenvalue weighted by Crippen LogP contribution is 2.31. The molecule has 0 heterocycles. The van der Waals surface area contributed by atoms with Crippen LogP contribution in [-0.4, -0.2) is 19.6 Å². The van der Waals surface area contributed by atoms with Gasteiger partial charge in [0.1, 0.15) is 11.5 Å². The quantitative estimate of drug-likeness (QED) is 0.751. The van der Waals surface area contributed by atoms with Gasteiger partial charge >= 0.3 is 0 Å². The van der Waals surface area contributed by atoms with E-state index in [1.807, 2.05) is 43.3 Å². The lowest BCUT2D eigenvalue weighted by molar-refractivity contribution is -0.123. The number of carbonyl (C=O) groups excluding carboxylic acids is 1. The highest BCUT2D eigenvalue weighted by atomic mass is 16.5. The van der Waals surface area contributed by atoms with Crippen LogP contribution in [0, 0.1) is 6.92 Å². The molecular formula is C23H31NO3. The lowest BCUT2D eigenvalue weighted by Crippen LogP contribution is -2.32. The van der Waals surface area contributed by atoms with E-state index in [1.165, 1.54) is 0 Å². The molecule has 0 spiro atoms. The number of rotatable bonds is 7. The normalized spacial score (nSPS) is 12.4. The second-order valence-corrected chi connectivity index (χ2v) is 7.79. The Morgan fingerprint density at radius 3 is 2.41 bits per heavy atom. The van der Waals surface area contributed by atoms with Crippen LogP contribution in [0.1, 0.15) is 56.8 Å². The largest absolute Gasteiger partial charge is 0.496 e. The van der Waals surface area contributed by atoms with E-state index in [9.17, 15) is 4.79 Å². The van der Waals surface area contributed by atoms with Crippen molar-refractivity contribution >= 4 is 5.91 Å². The molecule has 2 aromatic carbocycles. The van der Waals surface area contributed by atoms with E-state index in [-0.39, 0.29) is 24.0 Å². The molecule has 0 fully saturated rings. The van der Waals surface area contributed by atoms with Gasteiger partial charge in [-0.1, -0.05) is 58.0 Å². The lowest BCUT2D eigenvalue weighted by atomic mass is 9.86. The molecule has 1 amide bonds. The highest BCUT2D eigenvalue weighted by molar-refractivity contribution is 5.78. The fourth-order valence-electron chi connectivity index (χ4n) is 3.13. The van der Waals surface area contributed by atoms with Crippen LogP contribution in [0.4, 0.5) is 0 Å². The van der Waals surface area contributed by atoms with Crippen molar-refractivity contribution in [2.24, 2.45) is 0 Å². The van der Waals surface area contributed by atoms with Crippen LogP contribution >= 0.6 is 0 Å². The van der Waals surface area contributed by atoms with E-state index in [1.54, 1.807) is 7.11 Å². The van der Waals surface area contributed by atoms with Crippen LogP contribution in [0.25, 0.3) is 0 Å². The molecule has 0 radical (unpaired) electrons. The molecule has 1 N–H and O–H groups in total. The van der Waals surface area contributed by atoms with Crippen molar-refractivity contribution < 1.29 is 14.3 Å². The van der Waals surface area contributed by atoms with Gasteiger partial charge in [-0.25, -0.2) is 0 Å². The zero-order valence-corrected chi connectivity index (χ0v) is 17.3. The summed E-state index contributed by atoms with van der Waals surface area (Å²) < 4.78 is 11.1. The van der Waals surface area contributed by atoms with E-state index in [2.05, 4.69) is 39.1 Å². The number of carbonyl (C=O) groups is 1. The average Bonchev–Trinajstić information content (AvgIpc) is 2.63. The van der Waals surface area contributed by atoms with E-state index in [0.717, 1.165) is 34.6 Å². The van der Waals surface area contributed by atoms with Gasteiger partial charge in [-0.3, -0.25) is 4.79 Å². The molecule has 1 atom stereocenters. The number of nitrogens with one attached hydrogen (secondary N) is 1. The minimum atomic E-state index is -0.126. The minimum Gasteiger partial charge on any atom is -0.496 e. The van der Waals surface area contributed by atoms with Gasteiger partial charge in [0.25, 0.3) is 5.91 Å². The Morgan fingerprint density at radius 2 is 1.81 bits per heavy atom. The first-order chi connectivity index (χ1) is 12.8. The van der Waals surface area contributed by atoms with Crippen molar-refractivity contribution in [2.45, 2.75) is 52.5 Å². The first-order valence-corrected chi connectivity index (χ1v) is 9.42. The van der Waals surface area contributed by atoms with Gasteiger partial charge in [-0.15, -0.1) is 0 Å². The number of para-hydroxylation sites is 1. The fraction of sp³-hybridized carbons (Fsp3) is 0.435. The summed E-state index contributed by atoms with van der Waals surface area (Å²) in [6.45, 7) is 10.5. The van der Waals surface area contributed by atoms with Crippen LogP contribution in [0.3, 0.4) is 0 Å². The Hall–Kier alpha value is -2.49. The zero-order valence-electron chi connectivity index (χ0n) is 17.3. The van der Waals surface area contributed by atoms with Crippen LogP contribution in [0.15, 0.2) is 42.5 Å². The molecule has 1 unspecified atom stereocenters. The number of hydrogen-bond acceptors (Lipinski definition) is 3. The summed E-state index contributed by atoms with van der Waals surface area (Å²) in [5, 5.41) is 3.07. The van der Waals surface area contributed by atoms with Gasteiger partial charge in [0.2, 0.25) is 0 Å². The van der Waals surface area contributed by atoms with Crippen molar-refractivity contribution in [3.63, 3.8) is 0 Å². The number of benzene rings is 2. The van der Waals surface area contributed by atoms with Crippen LogP contribution in [0.2, 0.25) is 0 Å². The molecular weight excluding hydrogens is 338 g/mol. The summed E-state index contributed by atoms with van der Waals surface area (Å²) in [7, 11) is 1.66. The highest BCUT2D eigenvalue weighted by Gasteiger charge is 2.19. The fourth-order valence-corrected chi connectivity index (χ4v) is 3.13. The van der Waals surface area contributed by atoms with Crippen molar-refractivity contribution in [2.75, 3.05) is 13.7 Å². The second-order valence-electron chi connectivity index (χ2n) is 7.79. The Morgan fingerprint density at radius 1 is 1.11 bits per heavy atom. The molecule has 4 nitrogen and oxygen atoms in total. The van der Waals surface area contributed by atoms with Gasteiger partial charge in [0, 0.05) is 0 Å². The summed E-state index contributed by atoms with van der Waals surface area (Å²) in [6, 6.07) is 13.8. The third-order valence-electron chi connectivity index (χ3n) is 4.62. The predicted octanol–water partition coefficient (Wildman–Crippen LogP) is 4.95. The van der Waals surface area contributed by atoms with Gasteiger partial charge in [0.05, 0.1) is 13.2 Å². The molecule has 2 aromatic rings. The molecule has 0 aliphatic heterocycles. The van der Waals surface area contributed by atoms with Gasteiger partial charge in [-0.2, -0.15) is 0 Å². The van der Waals surface area contributed by atoms with Gasteiger partial charge < -0.3 is 14.8 Å². The molecule has 4 heteroatoms. The molecule has 146 valence electrons. The summed E-state index contributed by atoms with van der Waals surface area (Å²) in [4.78, 5) is 12.5. The summed E-state index contributed by atoms with van der Waals surface area (Å²) in [5.41, 5.74) is 3.17. The number of hydrogen-bond donors (Lipinski definition) is 1. The maximum atomic E-state index is 12.5. The van der Waals surface area contributed by atoms with E-state index in [0.29, 0.717) is 0 Å². The summed E-state index contributed by atoms with van der Waals surface area (Å²) in [5.74, 6) is 1.48. The number of aryl methyl sites for hydroxylation is 1. The Kier molecular flexibility index (Phi) is 6.89. The van der Waals surface area contributed by atoms with Crippen molar-refractivity contribution in [1.82, 2.24) is 5.32 Å². The van der Waals surface area contributed by atoms with E-state index < -0.39 is 0 Å². The number of ether oxygens (including phenoxy) is 2. The van der Waals surface area contributed by atoms with E-state index in [4.69, 9.17) is 9.47 Å². The molecule has 0 aromatic heterocycles. The molecule has 27 heavy (non-hydrogen) atoms. The van der Waals surface area contributed by atoms with E-state index >= 15 is 0 Å². The molecule has 0 aliphatic rings. The third-order valence-corrected chi connectivity index (χ3v) is 4.62. The molecule has 0 saturated heterocycles. The van der Waals surface area contributed by atoms with Gasteiger partial charge in [-0.05, 0) is 47.6 Å². The van der Waals surface area contributed by atoms with Crippen molar-refractivity contribution in [3.8, 4) is 11.5 Å². The average molecular weight is 370 g/mol. The summed E-state index contributed by atoms with van der Waals surface area (Å²) in [6.07, 6.45) is 0.802. The SMILES string of the molecule is CCC(NC(=O)COc1ccccc1C(C)(C)C)c1ccc(OC)c(C)c1. The molecule has 0 aliphatic carbocycles. The Balaban J connectivity index is 2.03. The summed E-state index contributed by atoms with van der Waals surface area (Å²) >= 11 is 0. The van der Waals surface area contributed by atoms with Crippen molar-refractivity contribution in [1.29, 1.82) is 0 Å². The lowest BCUT2D eigenvalue weighted by Gasteiger charge is -2.23. The van der Waals surface area contributed by atoms with Crippen LogP contribution in [-0.2, 0) is 10.2 Å². The minimum absolute atomic E-state index is 0.00126. The Labute approximate surface area is 162 Å². The molecule has 0 saturated carbocycles. The maximum absolute atomic E-state index is 12.5. The monoisotopic (exact) mass is 369 g/mol. The molecule has 0 bridgehead atoms. The van der Waals surface area contributed by atoms with Gasteiger partial charge in [0.15, 0.2) is 6.61 Å². The Bertz CT molecular complexity index is 777. The van der Waals surface area contributed by atoms with Crippen LogP contribution in [0.5, 0.6) is 11.5 Å². The second kappa shape index (κ2) is 8.94. The first kappa shape index (κ1) is 20.8. The number of methoxy groups -OCH3 is 1. The molecule has 2 rings (SSSR count). The topological polar surface area (TPSA) is 47.6 Å². The first-order valence-electron chi connectivity index (χ1n) is 9.42. The smallest absolute Gasteiger partial charge is 0.258 e. The number of amides is 1. The van der Waals surface area contributed by atoms with Crippen molar-refractivity contribution in [3.05, 3.63) is 59.2 Å². The third kappa shape index (κ3) is 5.49.